The van der Waals surface area contributed by atoms with Gasteiger partial charge in [0.05, 0.1) is 50.9 Å². The Bertz CT molecular complexity index is 4750. The van der Waals surface area contributed by atoms with Crippen molar-refractivity contribution < 1.29 is 57.8 Å². The van der Waals surface area contributed by atoms with Crippen LogP contribution in [0.3, 0.4) is 0 Å². The summed E-state index contributed by atoms with van der Waals surface area (Å²) in [5.41, 5.74) is 5.86. The maximum absolute atomic E-state index is 15.6. The molecule has 0 aromatic heterocycles. The number of imide groups is 2. The largest absolute Gasteiger partial charge is 0.504 e. The Morgan fingerprint density at radius 2 is 0.620 bits per heavy atom. The second-order valence-corrected chi connectivity index (χ2v) is 21.9. The van der Waals surface area contributed by atoms with Crippen LogP contribution in [0.5, 0.6) is 57.5 Å². The number of anilines is 8. The van der Waals surface area contributed by atoms with Gasteiger partial charge in [-0.15, -0.1) is 0 Å². The molecule has 2 N–H and O–H groups in total. The summed E-state index contributed by atoms with van der Waals surface area (Å²) in [6, 6.07) is 70.3. The van der Waals surface area contributed by atoms with Crippen molar-refractivity contribution in [3.8, 4) is 57.5 Å². The van der Waals surface area contributed by atoms with Gasteiger partial charge < -0.3 is 48.4 Å². The molecule has 13 aromatic carbocycles. The maximum Gasteiger partial charge on any atom is 0.266 e. The van der Waals surface area contributed by atoms with Crippen molar-refractivity contribution in [2.45, 2.75) is 0 Å². The van der Waals surface area contributed by atoms with E-state index in [1.54, 1.807) is 36.4 Å². The normalized spacial score (nSPS) is 12.7. The molecule has 0 atom stereocenters. The van der Waals surface area contributed by atoms with Crippen molar-refractivity contribution in [3.05, 3.63) is 253 Å². The summed E-state index contributed by atoms with van der Waals surface area (Å²) in [7, 11) is 5.49. The lowest BCUT2D eigenvalue weighted by Crippen LogP contribution is -2.40. The number of hydrogen-bond donors (Lipinski definition) is 2. The molecule has 2 aliphatic heterocycles. The molecule has 2 heterocycles. The molecule has 2 aliphatic rings. The second kappa shape index (κ2) is 22.2. The average molecular weight is 1210 g/mol. The zero-order valence-electron chi connectivity index (χ0n) is 49.7. The first-order chi connectivity index (χ1) is 45.0. The number of carbonyl (C=O) groups excluding carboxylic acids is 4. The van der Waals surface area contributed by atoms with Crippen molar-refractivity contribution in [2.75, 3.05) is 48.0 Å². The highest BCUT2D eigenvalue weighted by Crippen LogP contribution is 2.55. The van der Waals surface area contributed by atoms with Gasteiger partial charge in [0, 0.05) is 102 Å². The third-order valence-corrected chi connectivity index (χ3v) is 16.9. The van der Waals surface area contributed by atoms with Gasteiger partial charge in [0.25, 0.3) is 23.6 Å². The minimum Gasteiger partial charge on any atom is -0.504 e. The molecule has 0 fully saturated rings. The van der Waals surface area contributed by atoms with Gasteiger partial charge in [-0.3, -0.25) is 19.2 Å². The van der Waals surface area contributed by atoms with E-state index in [-0.39, 0.29) is 79.6 Å². The van der Waals surface area contributed by atoms with Gasteiger partial charge in [-0.1, -0.05) is 84.9 Å². The Morgan fingerprint density at radius 3 is 0.935 bits per heavy atom. The van der Waals surface area contributed by atoms with Gasteiger partial charge in [0.15, 0.2) is 23.0 Å². The third-order valence-electron chi connectivity index (χ3n) is 16.9. The topological polar surface area (TPSA) is 177 Å². The lowest BCUT2D eigenvalue weighted by Gasteiger charge is -2.31. The van der Waals surface area contributed by atoms with E-state index in [0.29, 0.717) is 54.6 Å². The number of benzene rings is 13. The summed E-state index contributed by atoms with van der Waals surface area (Å²) in [5.74, 6) is -2.25. The van der Waals surface area contributed by atoms with Crippen LogP contribution in [0, 0.1) is 0 Å². The Morgan fingerprint density at radius 1 is 0.304 bits per heavy atom. The van der Waals surface area contributed by atoms with Crippen molar-refractivity contribution in [1.29, 1.82) is 0 Å². The SMILES string of the molecule is COc1cc(N2C(=O)c3ccc4c5c(Oc6ccc(N(c7ccccc7)c7ccccc7)cc6)cc6c7c(ccc(c8c(Oc9ccc(N(c%10ccccc%10)c%10ccccc%10)cc9)cc(c3c48)C2=O)c75)C(=O)N(c2cc(O)c(OC)c(OC)c2)C6=O)cc(O)c1OC. The summed E-state index contributed by atoms with van der Waals surface area (Å²) in [4.78, 5) is 68.0. The van der Waals surface area contributed by atoms with Crippen LogP contribution in [-0.2, 0) is 0 Å². The number of hydrogen-bond acceptors (Lipinski definition) is 14. The second-order valence-electron chi connectivity index (χ2n) is 21.9. The summed E-state index contributed by atoms with van der Waals surface area (Å²) >= 11 is 0. The van der Waals surface area contributed by atoms with Crippen molar-refractivity contribution in [1.82, 2.24) is 0 Å². The number of nitrogens with zero attached hydrogens (tertiary/aromatic N) is 4. The van der Waals surface area contributed by atoms with Crippen LogP contribution in [0.2, 0.25) is 0 Å². The van der Waals surface area contributed by atoms with Crippen LogP contribution in [0.25, 0.3) is 43.1 Å². The molecule has 15 rings (SSSR count). The highest BCUT2D eigenvalue weighted by Gasteiger charge is 2.41. The molecule has 0 radical (unpaired) electrons. The van der Waals surface area contributed by atoms with E-state index in [4.69, 9.17) is 28.4 Å². The molecule has 0 saturated heterocycles. The summed E-state index contributed by atoms with van der Waals surface area (Å²) < 4.78 is 36.3. The Labute approximate surface area is 525 Å². The number of para-hydroxylation sites is 4. The van der Waals surface area contributed by atoms with Gasteiger partial charge in [-0.25, -0.2) is 9.80 Å². The highest BCUT2D eigenvalue weighted by molar-refractivity contribution is 6.46. The number of carbonyl (C=O) groups is 4. The lowest BCUT2D eigenvalue weighted by atomic mass is 9.81. The van der Waals surface area contributed by atoms with E-state index < -0.39 is 23.6 Å². The van der Waals surface area contributed by atoms with Crippen LogP contribution < -0.4 is 48.0 Å². The van der Waals surface area contributed by atoms with Crippen LogP contribution in [-0.4, -0.2) is 62.3 Å². The molecular formula is C76H52N4O12. The molecule has 4 amide bonds. The summed E-state index contributed by atoms with van der Waals surface area (Å²) in [6.45, 7) is 0. The Balaban J connectivity index is 0.974. The molecule has 0 aliphatic carbocycles. The average Bonchev–Trinajstić information content (AvgIpc) is 0.682. The molecule has 92 heavy (non-hydrogen) atoms. The number of aromatic hydroxyl groups is 2. The molecular weight excluding hydrogens is 1160 g/mol. The van der Waals surface area contributed by atoms with Gasteiger partial charge in [0.2, 0.25) is 11.5 Å². The van der Waals surface area contributed by atoms with E-state index in [1.165, 1.54) is 52.7 Å². The lowest BCUT2D eigenvalue weighted by molar-refractivity contribution is 0.0877. The van der Waals surface area contributed by atoms with Crippen molar-refractivity contribution in [3.63, 3.8) is 0 Å². The van der Waals surface area contributed by atoms with Crippen LogP contribution in [0.15, 0.2) is 231 Å². The molecule has 0 bridgehead atoms. The quantitative estimate of drug-likeness (QED) is 0.0530. The number of phenolic OH excluding ortho intramolecular Hbond substituents is 2. The fourth-order valence-electron chi connectivity index (χ4n) is 12.9. The zero-order valence-corrected chi connectivity index (χ0v) is 49.7. The van der Waals surface area contributed by atoms with Crippen molar-refractivity contribution >= 4 is 112 Å². The van der Waals surface area contributed by atoms with Crippen LogP contribution >= 0.6 is 0 Å². The molecule has 0 spiro atoms. The number of amides is 4. The van der Waals surface area contributed by atoms with E-state index in [9.17, 15) is 10.2 Å². The molecule has 0 saturated carbocycles. The van der Waals surface area contributed by atoms with Gasteiger partial charge in [-0.05, 0) is 132 Å². The molecule has 0 unspecified atom stereocenters. The fourth-order valence-corrected chi connectivity index (χ4v) is 12.9. The number of rotatable bonds is 16. The fraction of sp³-hybridized carbons (Fsp3) is 0.0526. The minimum atomic E-state index is -0.732. The smallest absolute Gasteiger partial charge is 0.266 e. The van der Waals surface area contributed by atoms with Gasteiger partial charge in [-0.2, -0.15) is 0 Å². The van der Waals surface area contributed by atoms with Crippen molar-refractivity contribution in [2.24, 2.45) is 0 Å². The van der Waals surface area contributed by atoms with E-state index in [1.807, 2.05) is 170 Å². The van der Waals surface area contributed by atoms with E-state index >= 15 is 19.2 Å². The van der Waals surface area contributed by atoms with Crippen LogP contribution in [0.4, 0.5) is 45.5 Å². The maximum atomic E-state index is 15.6. The summed E-state index contributed by atoms with van der Waals surface area (Å²) in [6.07, 6.45) is 0. The zero-order chi connectivity index (χ0) is 63.1. The first kappa shape index (κ1) is 56.0. The van der Waals surface area contributed by atoms with Gasteiger partial charge in [0.1, 0.15) is 23.0 Å². The van der Waals surface area contributed by atoms with Gasteiger partial charge >= 0.3 is 0 Å². The number of phenols is 2. The number of ether oxygens (including phenoxy) is 6. The first-order valence-electron chi connectivity index (χ1n) is 29.3. The third kappa shape index (κ3) is 8.90. The van der Waals surface area contributed by atoms with Crippen LogP contribution in [0.1, 0.15) is 41.4 Å². The van der Waals surface area contributed by atoms with E-state index in [2.05, 4.69) is 9.80 Å². The first-order valence-corrected chi connectivity index (χ1v) is 29.3. The number of fused-ring (bicyclic) bond motifs is 2. The Kier molecular flexibility index (Phi) is 13.5. The predicted molar refractivity (Wildman–Crippen MR) is 355 cm³/mol. The predicted octanol–water partition coefficient (Wildman–Crippen LogP) is 17.3. The molecule has 13 aromatic rings. The molecule has 16 heteroatoms. The minimum absolute atomic E-state index is 0.00920. The Hall–Kier alpha value is -12.6. The molecule has 16 nitrogen and oxygen atoms in total. The van der Waals surface area contributed by atoms with E-state index in [0.717, 1.165) is 43.9 Å². The standard InChI is InChI=1S/C76H52N4O12/c1-87-63-39-49(37-59(81)71(63)89-3)79-73(83)55-35-33-53-68-62(92-52-31-27-48(28-32-52)78(45-21-13-7-14-22-45)46-23-15-8-16-24-46)42-58-66-56(74(84)80(76(58)86)50-38-60(82)72(90-4)64(40-50)88-2)36-34-54(70(66)68)67-61(41-57(75(79)85)65(55)69(53)67)91-51-29-25-47(26-30-51)77(43-17-9-5-10-18-43)44-19-11-6-12-20-44/h5-42,81-82H,1-4H3. The summed E-state index contributed by atoms with van der Waals surface area (Å²) in [5, 5.41) is 25.9. The number of methoxy groups -OCH3 is 4. The molecule has 448 valence electrons. The monoisotopic (exact) mass is 1210 g/mol. The highest BCUT2D eigenvalue weighted by atomic mass is 16.5.